The second-order valence-corrected chi connectivity index (χ2v) is 6.68. The highest BCUT2D eigenvalue weighted by atomic mass is 79.9. The molecule has 0 aromatic heterocycles. The lowest BCUT2D eigenvalue weighted by Gasteiger charge is -2.33. The number of benzene rings is 1. The van der Waals surface area contributed by atoms with E-state index in [1.165, 1.54) is 5.56 Å². The van der Waals surface area contributed by atoms with Crippen LogP contribution in [0.5, 0.6) is 0 Å². The van der Waals surface area contributed by atoms with Gasteiger partial charge in [-0.25, -0.2) is 0 Å². The molecule has 1 saturated heterocycles. The quantitative estimate of drug-likeness (QED) is 0.914. The number of halogens is 1. The Morgan fingerprint density at radius 2 is 2.10 bits per heavy atom. The smallest absolute Gasteiger partial charge is 0.225 e. The lowest BCUT2D eigenvalue weighted by molar-refractivity contribution is -0.135. The first kappa shape index (κ1) is 15.5. The van der Waals surface area contributed by atoms with Gasteiger partial charge in [-0.1, -0.05) is 41.9 Å². The third kappa shape index (κ3) is 4.32. The Labute approximate surface area is 129 Å². The van der Waals surface area contributed by atoms with Crippen molar-refractivity contribution >= 4 is 21.8 Å². The van der Waals surface area contributed by atoms with Crippen molar-refractivity contribution in [3.63, 3.8) is 0 Å². The molecule has 1 fully saturated rings. The van der Waals surface area contributed by atoms with E-state index in [9.17, 15) is 4.79 Å². The molecule has 0 aliphatic carbocycles. The van der Waals surface area contributed by atoms with Gasteiger partial charge in [-0.15, -0.1) is 0 Å². The van der Waals surface area contributed by atoms with E-state index < -0.39 is 0 Å². The van der Waals surface area contributed by atoms with Crippen molar-refractivity contribution in [2.45, 2.75) is 39.3 Å². The summed E-state index contributed by atoms with van der Waals surface area (Å²) in [6.45, 7) is 6.60. The third-order valence-electron chi connectivity index (χ3n) is 3.78. The zero-order valence-electron chi connectivity index (χ0n) is 12.2. The molecule has 0 spiro atoms. The number of amides is 1. The standard InChI is InChI=1S/C16H23BrN2O/c1-12(2)16(20)19-8-6-15(7-9-19)18-11-13-4-3-5-14(17)10-13/h3-5,10,12,15,18H,6-9,11H2,1-2H3. The van der Waals surface area contributed by atoms with Crippen molar-refractivity contribution in [1.29, 1.82) is 0 Å². The first-order chi connectivity index (χ1) is 9.56. The number of nitrogens with one attached hydrogen (secondary N) is 1. The van der Waals surface area contributed by atoms with Crippen LogP contribution in [0.3, 0.4) is 0 Å². The Bertz CT molecular complexity index is 454. The predicted octanol–water partition coefficient (Wildman–Crippen LogP) is 3.19. The fraction of sp³-hybridized carbons (Fsp3) is 0.562. The molecule has 1 aromatic carbocycles. The summed E-state index contributed by atoms with van der Waals surface area (Å²) in [5.41, 5.74) is 1.29. The molecule has 3 nitrogen and oxygen atoms in total. The molecular weight excluding hydrogens is 316 g/mol. The van der Waals surface area contributed by atoms with Crippen molar-refractivity contribution in [2.24, 2.45) is 5.92 Å². The van der Waals surface area contributed by atoms with Gasteiger partial charge < -0.3 is 10.2 Å². The molecule has 20 heavy (non-hydrogen) atoms. The average Bonchev–Trinajstić information content (AvgIpc) is 2.45. The molecule has 2 rings (SSSR count). The first-order valence-electron chi connectivity index (χ1n) is 7.33. The van der Waals surface area contributed by atoms with E-state index in [0.717, 1.165) is 36.9 Å². The van der Waals surface area contributed by atoms with Crippen molar-refractivity contribution in [3.8, 4) is 0 Å². The summed E-state index contributed by atoms with van der Waals surface area (Å²) in [6, 6.07) is 8.90. The van der Waals surface area contributed by atoms with Crippen LogP contribution in [0.4, 0.5) is 0 Å². The van der Waals surface area contributed by atoms with Crippen molar-refractivity contribution in [3.05, 3.63) is 34.3 Å². The Morgan fingerprint density at radius 1 is 1.40 bits per heavy atom. The molecule has 1 aliphatic heterocycles. The minimum absolute atomic E-state index is 0.112. The molecular formula is C16H23BrN2O. The number of likely N-dealkylation sites (tertiary alicyclic amines) is 1. The van der Waals surface area contributed by atoms with Crippen LogP contribution in [0.1, 0.15) is 32.3 Å². The number of hydrogen-bond donors (Lipinski definition) is 1. The summed E-state index contributed by atoms with van der Waals surface area (Å²) in [7, 11) is 0. The SMILES string of the molecule is CC(C)C(=O)N1CCC(NCc2cccc(Br)c2)CC1. The summed E-state index contributed by atoms with van der Waals surface area (Å²) >= 11 is 3.49. The summed E-state index contributed by atoms with van der Waals surface area (Å²) < 4.78 is 1.12. The molecule has 1 aliphatic rings. The Balaban J connectivity index is 1.76. The van der Waals surface area contributed by atoms with Crippen LogP contribution in [0.25, 0.3) is 0 Å². The van der Waals surface area contributed by atoms with Crippen LogP contribution >= 0.6 is 15.9 Å². The molecule has 1 N–H and O–H groups in total. The predicted molar refractivity (Wildman–Crippen MR) is 85.4 cm³/mol. The van der Waals surface area contributed by atoms with Crippen molar-refractivity contribution in [2.75, 3.05) is 13.1 Å². The highest BCUT2D eigenvalue weighted by Crippen LogP contribution is 2.15. The lowest BCUT2D eigenvalue weighted by atomic mass is 10.0. The zero-order valence-corrected chi connectivity index (χ0v) is 13.8. The number of hydrogen-bond acceptors (Lipinski definition) is 2. The maximum Gasteiger partial charge on any atom is 0.225 e. The van der Waals surface area contributed by atoms with Gasteiger partial charge in [0.25, 0.3) is 0 Å². The average molecular weight is 339 g/mol. The number of piperidine rings is 1. The van der Waals surface area contributed by atoms with Gasteiger partial charge in [-0.2, -0.15) is 0 Å². The monoisotopic (exact) mass is 338 g/mol. The van der Waals surface area contributed by atoms with E-state index in [4.69, 9.17) is 0 Å². The Morgan fingerprint density at radius 3 is 2.70 bits per heavy atom. The molecule has 1 aromatic rings. The molecule has 0 radical (unpaired) electrons. The number of rotatable bonds is 4. The van der Waals surface area contributed by atoms with Crippen LogP contribution < -0.4 is 5.32 Å². The highest BCUT2D eigenvalue weighted by molar-refractivity contribution is 9.10. The van der Waals surface area contributed by atoms with E-state index in [-0.39, 0.29) is 11.8 Å². The van der Waals surface area contributed by atoms with Gasteiger partial charge in [-0.3, -0.25) is 4.79 Å². The molecule has 1 heterocycles. The van der Waals surface area contributed by atoms with Gasteiger partial charge in [0.05, 0.1) is 0 Å². The van der Waals surface area contributed by atoms with Crippen molar-refractivity contribution in [1.82, 2.24) is 10.2 Å². The van der Waals surface area contributed by atoms with Crippen molar-refractivity contribution < 1.29 is 4.79 Å². The second-order valence-electron chi connectivity index (χ2n) is 5.77. The molecule has 0 unspecified atom stereocenters. The van der Waals surface area contributed by atoms with Gasteiger partial charge in [0, 0.05) is 36.1 Å². The first-order valence-corrected chi connectivity index (χ1v) is 8.12. The number of carbonyl (C=O) groups excluding carboxylic acids is 1. The summed E-state index contributed by atoms with van der Waals surface area (Å²) in [5, 5.41) is 3.60. The Hall–Kier alpha value is -0.870. The number of nitrogens with zero attached hydrogens (tertiary/aromatic N) is 1. The minimum atomic E-state index is 0.112. The number of carbonyl (C=O) groups is 1. The van der Waals surface area contributed by atoms with Crippen LogP contribution in [0.2, 0.25) is 0 Å². The maximum atomic E-state index is 11.9. The van der Waals surface area contributed by atoms with E-state index >= 15 is 0 Å². The molecule has 110 valence electrons. The van der Waals surface area contributed by atoms with Crippen LogP contribution in [-0.4, -0.2) is 29.9 Å². The summed E-state index contributed by atoms with van der Waals surface area (Å²) in [5.74, 6) is 0.400. The fourth-order valence-electron chi connectivity index (χ4n) is 2.58. The fourth-order valence-corrected chi connectivity index (χ4v) is 3.02. The summed E-state index contributed by atoms with van der Waals surface area (Å²) in [6.07, 6.45) is 2.10. The molecule has 0 saturated carbocycles. The normalized spacial score (nSPS) is 16.7. The topological polar surface area (TPSA) is 32.3 Å². The van der Waals surface area contributed by atoms with Gasteiger partial charge >= 0.3 is 0 Å². The van der Waals surface area contributed by atoms with Crippen LogP contribution in [-0.2, 0) is 11.3 Å². The van der Waals surface area contributed by atoms with E-state index in [0.29, 0.717) is 6.04 Å². The minimum Gasteiger partial charge on any atom is -0.342 e. The highest BCUT2D eigenvalue weighted by Gasteiger charge is 2.23. The van der Waals surface area contributed by atoms with Gasteiger partial charge in [0.1, 0.15) is 0 Å². The largest absolute Gasteiger partial charge is 0.342 e. The lowest BCUT2D eigenvalue weighted by Crippen LogP contribution is -2.45. The Kier molecular flexibility index (Phi) is 5.61. The molecule has 1 amide bonds. The third-order valence-corrected chi connectivity index (χ3v) is 4.28. The maximum absolute atomic E-state index is 11.9. The van der Waals surface area contributed by atoms with Gasteiger partial charge in [0.15, 0.2) is 0 Å². The van der Waals surface area contributed by atoms with E-state index in [1.807, 2.05) is 24.8 Å². The van der Waals surface area contributed by atoms with E-state index in [2.05, 4.69) is 39.4 Å². The van der Waals surface area contributed by atoms with Crippen LogP contribution in [0.15, 0.2) is 28.7 Å². The zero-order chi connectivity index (χ0) is 14.5. The van der Waals surface area contributed by atoms with Crippen LogP contribution in [0, 0.1) is 5.92 Å². The summed E-state index contributed by atoms with van der Waals surface area (Å²) in [4.78, 5) is 13.9. The van der Waals surface area contributed by atoms with E-state index in [1.54, 1.807) is 0 Å². The van der Waals surface area contributed by atoms with Gasteiger partial charge in [0.2, 0.25) is 5.91 Å². The second kappa shape index (κ2) is 7.23. The molecule has 0 bridgehead atoms. The van der Waals surface area contributed by atoms with Gasteiger partial charge in [-0.05, 0) is 30.5 Å². The molecule has 0 atom stereocenters. The molecule has 4 heteroatoms.